The summed E-state index contributed by atoms with van der Waals surface area (Å²) in [6, 6.07) is 8.72. The quantitative estimate of drug-likeness (QED) is 0.847. The number of hydrogen-bond acceptors (Lipinski definition) is 2. The lowest BCUT2D eigenvalue weighted by atomic mass is 10.1. The van der Waals surface area contributed by atoms with Crippen LogP contribution in [-0.2, 0) is 13.0 Å². The standard InChI is InChI=1S/C12H12FNS/c13-11-3-1-9(2-4-11)5-10-6-12(7-14)15-8-10/h1-4,6,8H,5,7,14H2. The summed E-state index contributed by atoms with van der Waals surface area (Å²) in [6.45, 7) is 0.591. The third kappa shape index (κ3) is 2.64. The first-order valence-electron chi connectivity index (χ1n) is 4.79. The third-order valence-electron chi connectivity index (χ3n) is 2.23. The molecule has 0 saturated heterocycles. The Morgan fingerprint density at radius 1 is 1.13 bits per heavy atom. The van der Waals surface area contributed by atoms with Crippen molar-refractivity contribution < 1.29 is 4.39 Å². The lowest BCUT2D eigenvalue weighted by molar-refractivity contribution is 0.627. The molecule has 2 N–H and O–H groups in total. The van der Waals surface area contributed by atoms with Gasteiger partial charge in [0.2, 0.25) is 0 Å². The molecule has 1 aromatic carbocycles. The molecule has 0 aliphatic rings. The van der Waals surface area contributed by atoms with Crippen molar-refractivity contribution in [1.82, 2.24) is 0 Å². The van der Waals surface area contributed by atoms with Gasteiger partial charge in [-0.25, -0.2) is 4.39 Å². The summed E-state index contributed by atoms with van der Waals surface area (Å²) in [7, 11) is 0. The van der Waals surface area contributed by atoms with Crippen molar-refractivity contribution in [2.75, 3.05) is 0 Å². The Morgan fingerprint density at radius 3 is 2.47 bits per heavy atom. The maximum Gasteiger partial charge on any atom is 0.123 e. The summed E-state index contributed by atoms with van der Waals surface area (Å²) >= 11 is 1.67. The van der Waals surface area contributed by atoms with E-state index < -0.39 is 0 Å². The Morgan fingerprint density at radius 2 is 1.87 bits per heavy atom. The van der Waals surface area contributed by atoms with Crippen LogP contribution in [-0.4, -0.2) is 0 Å². The monoisotopic (exact) mass is 221 g/mol. The minimum absolute atomic E-state index is 0.188. The Bertz CT molecular complexity index is 433. The second kappa shape index (κ2) is 4.55. The van der Waals surface area contributed by atoms with Crippen LogP contribution in [0.3, 0.4) is 0 Å². The van der Waals surface area contributed by atoms with Crippen molar-refractivity contribution >= 4 is 11.3 Å². The van der Waals surface area contributed by atoms with E-state index >= 15 is 0 Å². The molecule has 0 aliphatic carbocycles. The zero-order valence-electron chi connectivity index (χ0n) is 8.24. The first-order valence-corrected chi connectivity index (χ1v) is 5.66. The number of thiophene rings is 1. The molecule has 15 heavy (non-hydrogen) atoms. The van der Waals surface area contributed by atoms with E-state index in [9.17, 15) is 4.39 Å². The van der Waals surface area contributed by atoms with Gasteiger partial charge in [-0.15, -0.1) is 11.3 Å². The van der Waals surface area contributed by atoms with Gasteiger partial charge in [-0.3, -0.25) is 0 Å². The molecular formula is C12H12FNS. The molecule has 0 radical (unpaired) electrons. The molecule has 1 aromatic heterocycles. The number of rotatable bonds is 3. The molecule has 0 fully saturated rings. The van der Waals surface area contributed by atoms with Gasteiger partial charge in [0.25, 0.3) is 0 Å². The topological polar surface area (TPSA) is 26.0 Å². The van der Waals surface area contributed by atoms with E-state index in [1.54, 1.807) is 11.3 Å². The predicted octanol–water partition coefficient (Wildman–Crippen LogP) is 2.94. The second-order valence-corrected chi connectivity index (χ2v) is 4.42. The zero-order chi connectivity index (χ0) is 10.7. The first-order chi connectivity index (χ1) is 7.28. The third-order valence-corrected chi connectivity index (χ3v) is 3.24. The summed E-state index contributed by atoms with van der Waals surface area (Å²) in [5.41, 5.74) is 7.90. The molecular weight excluding hydrogens is 209 g/mol. The van der Waals surface area contributed by atoms with Crippen molar-refractivity contribution in [3.05, 3.63) is 57.5 Å². The van der Waals surface area contributed by atoms with Gasteiger partial charge in [-0.05, 0) is 41.1 Å². The number of hydrogen-bond donors (Lipinski definition) is 1. The van der Waals surface area contributed by atoms with E-state index in [1.165, 1.54) is 22.6 Å². The highest BCUT2D eigenvalue weighted by molar-refractivity contribution is 7.10. The lowest BCUT2D eigenvalue weighted by Gasteiger charge is -1.98. The number of benzene rings is 1. The van der Waals surface area contributed by atoms with Gasteiger partial charge in [0, 0.05) is 11.4 Å². The molecule has 0 spiro atoms. The largest absolute Gasteiger partial charge is 0.326 e. The minimum atomic E-state index is -0.188. The zero-order valence-corrected chi connectivity index (χ0v) is 9.06. The predicted molar refractivity (Wildman–Crippen MR) is 61.4 cm³/mol. The fourth-order valence-electron chi connectivity index (χ4n) is 1.46. The molecule has 0 unspecified atom stereocenters. The number of halogens is 1. The molecule has 0 saturated carbocycles. The molecule has 0 atom stereocenters. The van der Waals surface area contributed by atoms with E-state index in [4.69, 9.17) is 5.73 Å². The average molecular weight is 221 g/mol. The van der Waals surface area contributed by atoms with Crippen LogP contribution in [0.2, 0.25) is 0 Å². The first kappa shape index (κ1) is 10.3. The van der Waals surface area contributed by atoms with Crippen LogP contribution in [0.15, 0.2) is 35.7 Å². The fourth-order valence-corrected chi connectivity index (χ4v) is 2.23. The molecule has 2 aromatic rings. The van der Waals surface area contributed by atoms with Crippen LogP contribution in [0.5, 0.6) is 0 Å². The van der Waals surface area contributed by atoms with E-state index in [0.29, 0.717) is 6.54 Å². The highest BCUT2D eigenvalue weighted by Gasteiger charge is 2.00. The fraction of sp³-hybridized carbons (Fsp3) is 0.167. The SMILES string of the molecule is NCc1cc(Cc2ccc(F)cc2)cs1. The van der Waals surface area contributed by atoms with Gasteiger partial charge in [-0.2, -0.15) is 0 Å². The number of nitrogens with two attached hydrogens (primary N) is 1. The molecule has 0 aliphatic heterocycles. The Kier molecular flexibility index (Phi) is 3.14. The Labute approximate surface area is 92.4 Å². The van der Waals surface area contributed by atoms with E-state index in [2.05, 4.69) is 11.4 Å². The Hall–Kier alpha value is -1.19. The van der Waals surface area contributed by atoms with Crippen LogP contribution in [0.25, 0.3) is 0 Å². The molecule has 2 rings (SSSR count). The van der Waals surface area contributed by atoms with Crippen molar-refractivity contribution in [2.45, 2.75) is 13.0 Å². The molecule has 0 amide bonds. The molecule has 0 bridgehead atoms. The van der Waals surface area contributed by atoms with Crippen molar-refractivity contribution in [2.24, 2.45) is 5.73 Å². The average Bonchev–Trinajstić information content (AvgIpc) is 2.69. The van der Waals surface area contributed by atoms with Crippen LogP contribution in [0.1, 0.15) is 16.0 Å². The van der Waals surface area contributed by atoms with Crippen molar-refractivity contribution in [3.8, 4) is 0 Å². The normalized spacial score (nSPS) is 10.5. The van der Waals surface area contributed by atoms with Gasteiger partial charge >= 0.3 is 0 Å². The van der Waals surface area contributed by atoms with Crippen molar-refractivity contribution in [1.29, 1.82) is 0 Å². The minimum Gasteiger partial charge on any atom is -0.326 e. The van der Waals surface area contributed by atoms with Gasteiger partial charge in [0.15, 0.2) is 0 Å². The maximum absolute atomic E-state index is 12.7. The summed E-state index contributed by atoms with van der Waals surface area (Å²) < 4.78 is 12.7. The summed E-state index contributed by atoms with van der Waals surface area (Å²) in [4.78, 5) is 1.19. The molecule has 78 valence electrons. The highest BCUT2D eigenvalue weighted by atomic mass is 32.1. The smallest absolute Gasteiger partial charge is 0.123 e. The van der Waals surface area contributed by atoms with Crippen molar-refractivity contribution in [3.63, 3.8) is 0 Å². The Balaban J connectivity index is 2.11. The lowest BCUT2D eigenvalue weighted by Crippen LogP contribution is -1.92. The van der Waals surface area contributed by atoms with E-state index in [-0.39, 0.29) is 5.82 Å². The summed E-state index contributed by atoms with van der Waals surface area (Å²) in [6.07, 6.45) is 0.844. The highest BCUT2D eigenvalue weighted by Crippen LogP contribution is 2.17. The van der Waals surface area contributed by atoms with Crippen LogP contribution in [0, 0.1) is 5.82 Å². The summed E-state index contributed by atoms with van der Waals surface area (Å²) in [5, 5.41) is 2.10. The molecule has 1 heterocycles. The van der Waals surface area contributed by atoms with Gasteiger partial charge in [-0.1, -0.05) is 12.1 Å². The van der Waals surface area contributed by atoms with Crippen LogP contribution >= 0.6 is 11.3 Å². The van der Waals surface area contributed by atoms with Gasteiger partial charge < -0.3 is 5.73 Å². The maximum atomic E-state index is 12.7. The second-order valence-electron chi connectivity index (χ2n) is 3.43. The van der Waals surface area contributed by atoms with Crippen LogP contribution in [0.4, 0.5) is 4.39 Å². The van der Waals surface area contributed by atoms with E-state index in [0.717, 1.165) is 12.0 Å². The summed E-state index contributed by atoms with van der Waals surface area (Å²) in [5.74, 6) is -0.188. The van der Waals surface area contributed by atoms with Gasteiger partial charge in [0.05, 0.1) is 0 Å². The van der Waals surface area contributed by atoms with Gasteiger partial charge in [0.1, 0.15) is 5.82 Å². The van der Waals surface area contributed by atoms with Crippen LogP contribution < -0.4 is 5.73 Å². The molecule has 1 nitrogen and oxygen atoms in total. The van der Waals surface area contributed by atoms with E-state index in [1.807, 2.05) is 12.1 Å². The molecule has 3 heteroatoms.